The van der Waals surface area contributed by atoms with E-state index in [0.29, 0.717) is 0 Å². The number of hydrogen-bond donors (Lipinski definition) is 0. The molecule has 4 heteroatoms. The summed E-state index contributed by atoms with van der Waals surface area (Å²) in [6.45, 7) is 3.27. The molecular weight excluding hydrogens is 322 g/mol. The zero-order chi connectivity index (χ0) is 9.56. The zero-order valence-corrected chi connectivity index (χ0v) is 11.8. The normalized spacial score (nSPS) is 11.7. The molecule has 0 atom stereocenters. The van der Waals surface area contributed by atoms with Crippen LogP contribution in [0, 0.1) is 0 Å². The summed E-state index contributed by atoms with van der Waals surface area (Å²) in [6, 6.07) is 0. The van der Waals surface area contributed by atoms with Gasteiger partial charge in [-0.15, -0.1) is 0 Å². The summed E-state index contributed by atoms with van der Waals surface area (Å²) in [6.07, 6.45) is 2.49. The van der Waals surface area contributed by atoms with Crippen molar-refractivity contribution in [1.29, 1.82) is 0 Å². The van der Waals surface area contributed by atoms with Crippen LogP contribution in [0.15, 0.2) is 3.50 Å². The molecule has 74 valence electrons. The van der Waals surface area contributed by atoms with Crippen LogP contribution in [0.3, 0.4) is 0 Å². The minimum absolute atomic E-state index is 1.06. The van der Waals surface area contributed by atoms with Crippen molar-refractivity contribution in [2.24, 2.45) is 3.50 Å². The molecule has 0 aliphatic carbocycles. The van der Waals surface area contributed by atoms with Crippen LogP contribution >= 0.6 is 0 Å². The molecule has 0 saturated carbocycles. The quantitative estimate of drug-likeness (QED) is 0.706. The van der Waals surface area contributed by atoms with Crippen LogP contribution in [0.25, 0.3) is 0 Å². The number of nitrogens with zero attached hydrogens (tertiary/aromatic N) is 3. The van der Waals surface area contributed by atoms with Crippen LogP contribution in [0.4, 0.5) is 0 Å². The summed E-state index contributed by atoms with van der Waals surface area (Å²) in [7, 11) is 8.57. The Kier molecular flexibility index (Phi) is 7.11. The van der Waals surface area contributed by atoms with Crippen molar-refractivity contribution in [3.05, 3.63) is 0 Å². The molecule has 0 aromatic rings. The first-order valence-corrected chi connectivity index (χ1v) is 8.30. The van der Waals surface area contributed by atoms with Crippen LogP contribution in [0.1, 0.15) is 19.8 Å². The van der Waals surface area contributed by atoms with E-state index < -0.39 is 17.6 Å². The second kappa shape index (κ2) is 6.87. The Morgan fingerprint density at radius 3 is 1.92 bits per heavy atom. The first-order chi connectivity index (χ1) is 5.59. The average molecular weight is 343 g/mol. The van der Waals surface area contributed by atoms with E-state index in [1.165, 1.54) is 12.8 Å². The molecule has 0 bridgehead atoms. The molecule has 0 amide bonds. The fraction of sp³-hybridized carbons (Fsp3) is 1.00. The van der Waals surface area contributed by atoms with Gasteiger partial charge in [-0.2, -0.15) is 0 Å². The molecule has 0 aromatic heterocycles. The Morgan fingerprint density at radius 2 is 1.58 bits per heavy atom. The van der Waals surface area contributed by atoms with Gasteiger partial charge < -0.3 is 0 Å². The van der Waals surface area contributed by atoms with E-state index in [1.807, 2.05) is 0 Å². The Labute approximate surface area is 82.7 Å². The summed E-state index contributed by atoms with van der Waals surface area (Å²) in [4.78, 5) is 0. The zero-order valence-electron chi connectivity index (χ0n) is 8.87. The molecule has 0 aliphatic heterocycles. The van der Waals surface area contributed by atoms with Crippen molar-refractivity contribution >= 4 is 0 Å². The Balaban J connectivity index is 4.00. The molecule has 0 unspecified atom stereocenters. The van der Waals surface area contributed by atoms with Crippen LogP contribution < -0.4 is 0 Å². The van der Waals surface area contributed by atoms with E-state index >= 15 is 0 Å². The predicted octanol–water partition coefficient (Wildman–Crippen LogP) is 1.54. The summed E-state index contributed by atoms with van der Waals surface area (Å²) < 4.78 is 9.39. The maximum absolute atomic E-state index is 4.76. The average Bonchev–Trinajstić information content (AvgIpc) is 1.96. The van der Waals surface area contributed by atoms with Gasteiger partial charge in [0, 0.05) is 0 Å². The van der Waals surface area contributed by atoms with Crippen LogP contribution in [0.5, 0.6) is 0 Å². The molecule has 0 fully saturated rings. The predicted molar refractivity (Wildman–Crippen MR) is 49.6 cm³/mol. The summed E-state index contributed by atoms with van der Waals surface area (Å²) in [5.41, 5.74) is 0. The molecule has 0 saturated heterocycles. The van der Waals surface area contributed by atoms with Gasteiger partial charge in [-0.1, -0.05) is 0 Å². The van der Waals surface area contributed by atoms with Crippen molar-refractivity contribution < 1.29 is 17.6 Å². The van der Waals surface area contributed by atoms with Gasteiger partial charge in [0.1, 0.15) is 0 Å². The molecule has 12 heavy (non-hydrogen) atoms. The number of rotatable bonds is 5. The van der Waals surface area contributed by atoms with Gasteiger partial charge in [0.2, 0.25) is 0 Å². The SMILES string of the molecule is CCCC[N]=[W]([N](C)C)[N](C)C. The van der Waals surface area contributed by atoms with Crippen molar-refractivity contribution in [3.8, 4) is 0 Å². The van der Waals surface area contributed by atoms with Crippen molar-refractivity contribution in [2.45, 2.75) is 19.8 Å². The van der Waals surface area contributed by atoms with Gasteiger partial charge in [-0.25, -0.2) is 0 Å². The monoisotopic (exact) mass is 343 g/mol. The van der Waals surface area contributed by atoms with E-state index in [2.05, 4.69) is 42.0 Å². The third kappa shape index (κ3) is 5.12. The molecule has 0 radical (unpaired) electrons. The number of hydrogen-bond acceptors (Lipinski definition) is 1. The Morgan fingerprint density at radius 1 is 1.08 bits per heavy atom. The molecule has 0 aromatic carbocycles. The fourth-order valence-electron chi connectivity index (χ4n) is 0.862. The van der Waals surface area contributed by atoms with Crippen LogP contribution in [-0.2, 0) is 17.6 Å². The molecule has 0 spiro atoms. The van der Waals surface area contributed by atoms with Gasteiger partial charge in [-0.3, -0.25) is 0 Å². The van der Waals surface area contributed by atoms with Gasteiger partial charge in [0.25, 0.3) is 0 Å². The fourth-order valence-corrected chi connectivity index (χ4v) is 5.92. The second-order valence-corrected chi connectivity index (χ2v) is 11.0. The standard InChI is InChI=1S/C4H9N.2C2H6N.W/c1-2-3-4-5;2*1-3-2;/h2-4H2,1H3;2*1-2H3;/q;2*-1;+2. The second-order valence-electron chi connectivity index (χ2n) is 3.08. The van der Waals surface area contributed by atoms with Crippen LogP contribution in [0.2, 0.25) is 0 Å². The Bertz CT molecular complexity index is 133. The summed E-state index contributed by atoms with van der Waals surface area (Å²) in [5.74, 6) is 0. The van der Waals surface area contributed by atoms with Crippen molar-refractivity contribution in [3.63, 3.8) is 0 Å². The third-order valence-electron chi connectivity index (χ3n) is 1.37. The molecule has 0 N–H and O–H groups in total. The van der Waals surface area contributed by atoms with E-state index in [9.17, 15) is 0 Å². The van der Waals surface area contributed by atoms with Crippen molar-refractivity contribution in [1.82, 2.24) is 6.92 Å². The topological polar surface area (TPSA) is 18.8 Å². The van der Waals surface area contributed by atoms with Crippen LogP contribution in [-0.4, -0.2) is 41.7 Å². The minimum atomic E-state index is -1.66. The van der Waals surface area contributed by atoms with E-state index in [1.54, 1.807) is 0 Å². The van der Waals surface area contributed by atoms with Crippen molar-refractivity contribution in [2.75, 3.05) is 34.7 Å². The van der Waals surface area contributed by atoms with Gasteiger partial charge in [0.05, 0.1) is 0 Å². The molecule has 0 aliphatic rings. The van der Waals surface area contributed by atoms with E-state index in [4.69, 9.17) is 3.50 Å². The maximum atomic E-state index is 4.76. The molecule has 0 rings (SSSR count). The van der Waals surface area contributed by atoms with E-state index in [-0.39, 0.29) is 0 Å². The first kappa shape index (κ1) is 12.4. The summed E-state index contributed by atoms with van der Waals surface area (Å²) >= 11 is -1.66. The first-order valence-electron chi connectivity index (χ1n) is 4.36. The van der Waals surface area contributed by atoms with E-state index in [0.717, 1.165) is 6.54 Å². The third-order valence-corrected chi connectivity index (χ3v) is 7.55. The van der Waals surface area contributed by atoms with Gasteiger partial charge in [-0.05, 0) is 0 Å². The molecule has 3 nitrogen and oxygen atoms in total. The molecule has 0 heterocycles. The summed E-state index contributed by atoms with van der Waals surface area (Å²) in [5, 5.41) is 0. The number of unbranched alkanes of at least 4 members (excludes halogenated alkanes) is 1. The van der Waals surface area contributed by atoms with Gasteiger partial charge in [0.15, 0.2) is 0 Å². The Hall–Kier alpha value is 0.408. The molecular formula is C8H21N3W. The van der Waals surface area contributed by atoms with Gasteiger partial charge >= 0.3 is 82.5 Å².